The molecule has 0 aliphatic carbocycles. The SMILES string of the molecule is Cc1cc(-c2nn(C)c(N)c2C(C)C)ccc1Br. The molecule has 3 nitrogen and oxygen atoms in total. The van der Waals surface area contributed by atoms with E-state index in [1.54, 1.807) is 4.68 Å². The Bertz CT molecular complexity index is 585. The van der Waals surface area contributed by atoms with E-state index in [0.717, 1.165) is 27.1 Å². The highest BCUT2D eigenvalue weighted by Crippen LogP contribution is 2.33. The number of aromatic nitrogens is 2. The van der Waals surface area contributed by atoms with Crippen LogP contribution in [0.1, 0.15) is 30.9 Å². The molecule has 2 N–H and O–H groups in total. The molecular weight excluding hydrogens is 290 g/mol. The van der Waals surface area contributed by atoms with Crippen molar-refractivity contribution in [1.82, 2.24) is 9.78 Å². The topological polar surface area (TPSA) is 43.8 Å². The maximum absolute atomic E-state index is 6.10. The minimum Gasteiger partial charge on any atom is -0.384 e. The fourth-order valence-electron chi connectivity index (χ4n) is 2.13. The van der Waals surface area contributed by atoms with Gasteiger partial charge in [0.05, 0.1) is 5.69 Å². The number of aryl methyl sites for hydroxylation is 2. The fourth-order valence-corrected chi connectivity index (χ4v) is 2.37. The first-order chi connectivity index (χ1) is 8.41. The predicted molar refractivity (Wildman–Crippen MR) is 79.6 cm³/mol. The van der Waals surface area contributed by atoms with Gasteiger partial charge in [0.15, 0.2) is 0 Å². The second-order valence-corrected chi connectivity index (χ2v) is 5.74. The molecule has 0 amide bonds. The van der Waals surface area contributed by atoms with Crippen molar-refractivity contribution in [2.24, 2.45) is 7.05 Å². The Hall–Kier alpha value is -1.29. The highest BCUT2D eigenvalue weighted by Gasteiger charge is 2.18. The van der Waals surface area contributed by atoms with E-state index in [2.05, 4.69) is 60.0 Å². The number of halogens is 1. The number of nitrogens with zero attached hydrogens (tertiary/aromatic N) is 2. The highest BCUT2D eigenvalue weighted by atomic mass is 79.9. The zero-order chi connectivity index (χ0) is 13.4. The number of hydrogen-bond acceptors (Lipinski definition) is 2. The van der Waals surface area contributed by atoms with Gasteiger partial charge in [-0.1, -0.05) is 35.8 Å². The van der Waals surface area contributed by atoms with Gasteiger partial charge in [0, 0.05) is 22.6 Å². The summed E-state index contributed by atoms with van der Waals surface area (Å²) in [6, 6.07) is 6.27. The standard InChI is InChI=1S/C14H18BrN3/c1-8(2)12-13(17-18(4)14(12)16)10-5-6-11(15)9(3)7-10/h5-8H,16H2,1-4H3. The third-order valence-corrected chi connectivity index (χ3v) is 4.03. The van der Waals surface area contributed by atoms with Crippen LogP contribution in [0.25, 0.3) is 11.3 Å². The molecule has 0 bridgehead atoms. The van der Waals surface area contributed by atoms with Gasteiger partial charge >= 0.3 is 0 Å². The molecule has 4 heteroatoms. The Labute approximate surface area is 116 Å². The molecule has 0 unspecified atom stereocenters. The molecule has 2 aromatic rings. The Morgan fingerprint density at radius 1 is 1.33 bits per heavy atom. The van der Waals surface area contributed by atoms with E-state index < -0.39 is 0 Å². The first kappa shape index (κ1) is 13.1. The van der Waals surface area contributed by atoms with E-state index in [0.29, 0.717) is 5.92 Å². The molecule has 0 spiro atoms. The van der Waals surface area contributed by atoms with Gasteiger partial charge in [0.25, 0.3) is 0 Å². The average molecular weight is 308 g/mol. The number of benzene rings is 1. The van der Waals surface area contributed by atoms with E-state index in [1.165, 1.54) is 5.56 Å². The van der Waals surface area contributed by atoms with Crippen LogP contribution >= 0.6 is 15.9 Å². The van der Waals surface area contributed by atoms with E-state index in [-0.39, 0.29) is 0 Å². The molecule has 2 rings (SSSR count). The third-order valence-electron chi connectivity index (χ3n) is 3.14. The highest BCUT2D eigenvalue weighted by molar-refractivity contribution is 9.10. The van der Waals surface area contributed by atoms with Gasteiger partial charge in [0.1, 0.15) is 5.82 Å². The third kappa shape index (κ3) is 2.17. The van der Waals surface area contributed by atoms with Gasteiger partial charge in [-0.25, -0.2) is 0 Å². The summed E-state index contributed by atoms with van der Waals surface area (Å²) in [6.45, 7) is 6.36. The van der Waals surface area contributed by atoms with Crippen molar-refractivity contribution in [3.63, 3.8) is 0 Å². The van der Waals surface area contributed by atoms with Crippen molar-refractivity contribution in [2.75, 3.05) is 5.73 Å². The molecule has 0 saturated heterocycles. The summed E-state index contributed by atoms with van der Waals surface area (Å²) >= 11 is 3.52. The van der Waals surface area contributed by atoms with Crippen LogP contribution in [0.4, 0.5) is 5.82 Å². The predicted octanol–water partition coefficient (Wildman–Crippen LogP) is 3.86. The molecule has 0 atom stereocenters. The van der Waals surface area contributed by atoms with Crippen molar-refractivity contribution in [1.29, 1.82) is 0 Å². The monoisotopic (exact) mass is 307 g/mol. The van der Waals surface area contributed by atoms with Crippen molar-refractivity contribution in [2.45, 2.75) is 26.7 Å². The average Bonchev–Trinajstić information content (AvgIpc) is 2.59. The summed E-state index contributed by atoms with van der Waals surface area (Å²) in [4.78, 5) is 0. The van der Waals surface area contributed by atoms with Gasteiger partial charge in [0.2, 0.25) is 0 Å². The molecule has 0 fully saturated rings. The normalized spacial score (nSPS) is 11.2. The number of rotatable bonds is 2. The maximum Gasteiger partial charge on any atom is 0.125 e. The zero-order valence-electron chi connectivity index (χ0n) is 11.2. The van der Waals surface area contributed by atoms with Gasteiger partial charge in [-0.3, -0.25) is 4.68 Å². The molecule has 1 aromatic heterocycles. The quantitative estimate of drug-likeness (QED) is 0.915. The molecule has 18 heavy (non-hydrogen) atoms. The van der Waals surface area contributed by atoms with E-state index in [1.807, 2.05) is 7.05 Å². The minimum absolute atomic E-state index is 0.359. The van der Waals surface area contributed by atoms with Crippen LogP contribution < -0.4 is 5.73 Å². The Morgan fingerprint density at radius 3 is 2.56 bits per heavy atom. The summed E-state index contributed by atoms with van der Waals surface area (Å²) in [5, 5.41) is 4.55. The largest absolute Gasteiger partial charge is 0.384 e. The molecular formula is C14H18BrN3. The van der Waals surface area contributed by atoms with Crippen molar-refractivity contribution < 1.29 is 0 Å². The molecule has 0 aliphatic heterocycles. The lowest BCUT2D eigenvalue weighted by Gasteiger charge is -2.08. The number of hydrogen-bond donors (Lipinski definition) is 1. The van der Waals surface area contributed by atoms with Crippen LogP contribution in [0, 0.1) is 6.92 Å². The summed E-state index contributed by atoms with van der Waals surface area (Å²) in [5.41, 5.74) is 10.5. The first-order valence-corrected chi connectivity index (χ1v) is 6.80. The maximum atomic E-state index is 6.10. The number of nitrogens with two attached hydrogens (primary N) is 1. The Morgan fingerprint density at radius 2 is 2.00 bits per heavy atom. The van der Waals surface area contributed by atoms with Crippen molar-refractivity contribution in [3.05, 3.63) is 33.8 Å². The van der Waals surface area contributed by atoms with Crippen LogP contribution in [0.2, 0.25) is 0 Å². The van der Waals surface area contributed by atoms with E-state index in [4.69, 9.17) is 5.73 Å². The van der Waals surface area contributed by atoms with E-state index >= 15 is 0 Å². The summed E-state index contributed by atoms with van der Waals surface area (Å²) in [6.07, 6.45) is 0. The summed E-state index contributed by atoms with van der Waals surface area (Å²) < 4.78 is 2.86. The second-order valence-electron chi connectivity index (χ2n) is 4.89. The number of anilines is 1. The molecule has 0 radical (unpaired) electrons. The zero-order valence-corrected chi connectivity index (χ0v) is 12.7. The van der Waals surface area contributed by atoms with Crippen LogP contribution in [0.5, 0.6) is 0 Å². The second kappa shape index (κ2) is 4.76. The van der Waals surface area contributed by atoms with Crippen LogP contribution in [0.15, 0.2) is 22.7 Å². The molecule has 0 aliphatic rings. The van der Waals surface area contributed by atoms with Gasteiger partial charge in [-0.15, -0.1) is 0 Å². The molecule has 96 valence electrons. The fraction of sp³-hybridized carbons (Fsp3) is 0.357. The van der Waals surface area contributed by atoms with Crippen LogP contribution in [-0.4, -0.2) is 9.78 Å². The summed E-state index contributed by atoms with van der Waals surface area (Å²) in [5.74, 6) is 1.11. The van der Waals surface area contributed by atoms with Crippen molar-refractivity contribution >= 4 is 21.7 Å². The van der Waals surface area contributed by atoms with Crippen LogP contribution in [0.3, 0.4) is 0 Å². The lowest BCUT2D eigenvalue weighted by Crippen LogP contribution is -2.00. The Balaban J connectivity index is 2.63. The number of nitrogen functional groups attached to an aromatic ring is 1. The van der Waals surface area contributed by atoms with E-state index in [9.17, 15) is 0 Å². The molecule has 1 aromatic carbocycles. The van der Waals surface area contributed by atoms with Gasteiger partial charge in [-0.2, -0.15) is 5.10 Å². The van der Waals surface area contributed by atoms with Crippen molar-refractivity contribution in [3.8, 4) is 11.3 Å². The Kier molecular flexibility index (Phi) is 3.48. The lowest BCUT2D eigenvalue weighted by atomic mass is 9.98. The first-order valence-electron chi connectivity index (χ1n) is 6.00. The molecule has 1 heterocycles. The minimum atomic E-state index is 0.359. The van der Waals surface area contributed by atoms with Gasteiger partial charge < -0.3 is 5.73 Å². The smallest absolute Gasteiger partial charge is 0.125 e. The van der Waals surface area contributed by atoms with Gasteiger partial charge in [-0.05, 0) is 30.5 Å². The summed E-state index contributed by atoms with van der Waals surface area (Å²) in [7, 11) is 1.89. The molecule has 0 saturated carbocycles. The van der Waals surface area contributed by atoms with Crippen LogP contribution in [-0.2, 0) is 7.05 Å². The lowest BCUT2D eigenvalue weighted by molar-refractivity contribution is 0.780.